The molecule has 0 saturated carbocycles. The maximum absolute atomic E-state index is 2.72. The summed E-state index contributed by atoms with van der Waals surface area (Å²) >= 11 is 0. The van der Waals surface area contributed by atoms with Gasteiger partial charge >= 0.3 is 0 Å². The highest BCUT2D eigenvalue weighted by molar-refractivity contribution is 4.97. The molecular weight excluding hydrogens is 544 g/mol. The molecule has 45 heavy (non-hydrogen) atoms. The largest absolute Gasteiger partial charge is 0.356 e. The van der Waals surface area contributed by atoms with Crippen LogP contribution < -0.4 is 0 Å². The molecule has 1 aliphatic rings. The van der Waals surface area contributed by atoms with Crippen LogP contribution in [-0.4, -0.2) is 29.1 Å². The molecule has 1 heterocycles. The van der Waals surface area contributed by atoms with E-state index in [4.69, 9.17) is 0 Å². The summed E-state index contributed by atoms with van der Waals surface area (Å²) in [5.41, 5.74) is 0. The Balaban J connectivity index is 2.13. The van der Waals surface area contributed by atoms with Gasteiger partial charge in [-0.3, -0.25) is 0 Å². The molecule has 0 aromatic heterocycles. The lowest BCUT2D eigenvalue weighted by molar-refractivity contribution is 0.135. The third kappa shape index (κ3) is 27.0. The van der Waals surface area contributed by atoms with Crippen molar-refractivity contribution in [2.24, 2.45) is 0 Å². The van der Waals surface area contributed by atoms with Crippen LogP contribution >= 0.6 is 0 Å². The van der Waals surface area contributed by atoms with E-state index in [9.17, 15) is 0 Å². The van der Waals surface area contributed by atoms with E-state index >= 15 is 0 Å². The Morgan fingerprint density at radius 2 is 0.511 bits per heavy atom. The molecular formula is C43H86N2. The molecule has 0 aromatic carbocycles. The molecule has 0 aliphatic carbocycles. The molecule has 1 aliphatic heterocycles. The fourth-order valence-electron chi connectivity index (χ4n) is 7.42. The van der Waals surface area contributed by atoms with Crippen LogP contribution in [0.2, 0.25) is 0 Å². The molecule has 0 aromatic rings. The van der Waals surface area contributed by atoms with Gasteiger partial charge in [-0.2, -0.15) is 0 Å². The zero-order valence-electron chi connectivity index (χ0n) is 31.8. The van der Waals surface area contributed by atoms with E-state index < -0.39 is 0 Å². The van der Waals surface area contributed by atoms with Crippen LogP contribution in [0.3, 0.4) is 0 Å². The van der Waals surface area contributed by atoms with Crippen molar-refractivity contribution in [2.75, 3.05) is 13.1 Å². The van der Waals surface area contributed by atoms with E-state index in [1.54, 1.807) is 0 Å². The molecule has 0 radical (unpaired) electrons. The summed E-state index contributed by atoms with van der Waals surface area (Å²) in [7, 11) is 0. The maximum Gasteiger partial charge on any atom is 0.101 e. The summed E-state index contributed by atoms with van der Waals surface area (Å²) in [4.78, 5) is 5.44. The van der Waals surface area contributed by atoms with Crippen molar-refractivity contribution in [3.8, 4) is 0 Å². The van der Waals surface area contributed by atoms with Crippen LogP contribution in [0.1, 0.15) is 245 Å². The third-order valence-electron chi connectivity index (χ3n) is 10.6. The van der Waals surface area contributed by atoms with E-state index in [0.29, 0.717) is 6.17 Å². The van der Waals surface area contributed by atoms with Gasteiger partial charge in [0.2, 0.25) is 0 Å². The van der Waals surface area contributed by atoms with Crippen LogP contribution in [0.5, 0.6) is 0 Å². The van der Waals surface area contributed by atoms with Crippen molar-refractivity contribution in [1.29, 1.82) is 0 Å². The van der Waals surface area contributed by atoms with E-state index in [1.165, 1.54) is 238 Å². The maximum atomic E-state index is 2.72. The average Bonchev–Trinajstić information content (AvgIpc) is 3.43. The lowest BCUT2D eigenvalue weighted by atomic mass is 10.0. The number of hydrogen-bond acceptors (Lipinski definition) is 2. The highest BCUT2D eigenvalue weighted by Gasteiger charge is 2.24. The number of rotatable bonds is 37. The topological polar surface area (TPSA) is 6.48 Å². The number of hydrogen-bond donors (Lipinski definition) is 0. The predicted molar refractivity (Wildman–Crippen MR) is 205 cm³/mol. The van der Waals surface area contributed by atoms with Crippen molar-refractivity contribution in [3.05, 3.63) is 12.4 Å². The van der Waals surface area contributed by atoms with Crippen LogP contribution in [0.4, 0.5) is 0 Å². The van der Waals surface area contributed by atoms with Crippen LogP contribution in [-0.2, 0) is 0 Å². The summed E-state index contributed by atoms with van der Waals surface area (Å²) in [5.74, 6) is 0. The first kappa shape index (κ1) is 42.4. The van der Waals surface area contributed by atoms with Gasteiger partial charge in [-0.1, -0.05) is 220 Å². The molecule has 2 nitrogen and oxygen atoms in total. The third-order valence-corrected chi connectivity index (χ3v) is 10.6. The molecule has 0 bridgehead atoms. The fraction of sp³-hybridized carbons (Fsp3) is 0.953. The van der Waals surface area contributed by atoms with Crippen molar-refractivity contribution < 1.29 is 0 Å². The van der Waals surface area contributed by atoms with E-state index in [0.717, 1.165) is 0 Å². The summed E-state index contributed by atoms with van der Waals surface area (Å²) < 4.78 is 0. The molecule has 2 heteroatoms. The minimum Gasteiger partial charge on any atom is -0.356 e. The Morgan fingerprint density at radius 3 is 0.778 bits per heavy atom. The summed E-state index contributed by atoms with van der Waals surface area (Å²) in [6, 6.07) is 0. The normalized spacial score (nSPS) is 14.8. The summed E-state index contributed by atoms with van der Waals surface area (Å²) in [6.45, 7) is 9.49. The van der Waals surface area contributed by atoms with Gasteiger partial charge in [0.15, 0.2) is 0 Å². The van der Waals surface area contributed by atoms with Gasteiger partial charge < -0.3 is 9.80 Å². The molecule has 1 rings (SSSR count). The zero-order valence-corrected chi connectivity index (χ0v) is 31.8. The second-order valence-corrected chi connectivity index (χ2v) is 15.0. The number of unbranched alkanes of at least 4 members (excludes halogenated alkanes) is 31. The Labute approximate surface area is 286 Å². The van der Waals surface area contributed by atoms with Gasteiger partial charge in [0, 0.05) is 25.5 Å². The molecule has 0 N–H and O–H groups in total. The van der Waals surface area contributed by atoms with Gasteiger partial charge in [0.25, 0.3) is 0 Å². The fourth-order valence-corrected chi connectivity index (χ4v) is 7.42. The zero-order chi connectivity index (χ0) is 32.3. The Bertz CT molecular complexity index is 586. The molecule has 268 valence electrons. The summed E-state index contributed by atoms with van der Waals surface area (Å²) in [5, 5.41) is 0. The van der Waals surface area contributed by atoms with Crippen molar-refractivity contribution in [1.82, 2.24) is 9.80 Å². The second-order valence-electron chi connectivity index (χ2n) is 15.0. The van der Waals surface area contributed by atoms with Crippen LogP contribution in [0.15, 0.2) is 12.4 Å². The quantitative estimate of drug-likeness (QED) is 0.0630. The first-order chi connectivity index (χ1) is 22.3. The van der Waals surface area contributed by atoms with E-state index in [2.05, 4.69) is 43.0 Å². The predicted octanol–water partition coefficient (Wildman–Crippen LogP) is 15.1. The van der Waals surface area contributed by atoms with Gasteiger partial charge in [0.05, 0.1) is 0 Å². The van der Waals surface area contributed by atoms with Crippen molar-refractivity contribution in [3.63, 3.8) is 0 Å². The first-order valence-electron chi connectivity index (χ1n) is 21.5. The molecule has 0 amide bonds. The molecule has 1 atom stereocenters. The van der Waals surface area contributed by atoms with Gasteiger partial charge in [-0.25, -0.2) is 0 Å². The average molecular weight is 631 g/mol. The standard InChI is InChI=1S/C43H86N2/c1-4-7-10-13-16-18-20-21-22-23-24-25-26-28-31-34-37-40-45-42-41-44(43(45)38-35-32-29-15-12-9-6-3)39-36-33-30-27-19-17-14-11-8-5-2/h41-43H,4-40H2,1-3H3. The Morgan fingerprint density at radius 1 is 0.289 bits per heavy atom. The molecule has 1 unspecified atom stereocenters. The second kappa shape index (κ2) is 34.7. The van der Waals surface area contributed by atoms with Crippen molar-refractivity contribution in [2.45, 2.75) is 252 Å². The Kier molecular flexibility index (Phi) is 32.6. The van der Waals surface area contributed by atoms with Gasteiger partial charge in [-0.05, 0) is 25.7 Å². The van der Waals surface area contributed by atoms with Gasteiger partial charge in [-0.15, -0.1) is 0 Å². The lowest BCUT2D eigenvalue weighted by Crippen LogP contribution is -2.39. The lowest BCUT2D eigenvalue weighted by Gasteiger charge is -2.33. The van der Waals surface area contributed by atoms with Crippen molar-refractivity contribution >= 4 is 0 Å². The monoisotopic (exact) mass is 631 g/mol. The van der Waals surface area contributed by atoms with E-state index in [-0.39, 0.29) is 0 Å². The molecule has 0 fully saturated rings. The number of nitrogens with zero attached hydrogens (tertiary/aromatic N) is 2. The SMILES string of the molecule is CCCCCCCCCCCCCCCCCCCN1C=CN(CCCCCCCCCCCC)C1CCCCCCCCC. The minimum absolute atomic E-state index is 0.639. The summed E-state index contributed by atoms with van der Waals surface area (Å²) in [6.07, 6.45) is 55.9. The highest BCUT2D eigenvalue weighted by atomic mass is 15.4. The van der Waals surface area contributed by atoms with E-state index in [1.807, 2.05) is 0 Å². The Hall–Kier alpha value is -0.660. The smallest absolute Gasteiger partial charge is 0.101 e. The van der Waals surface area contributed by atoms with Crippen LogP contribution in [0, 0.1) is 0 Å². The van der Waals surface area contributed by atoms with Gasteiger partial charge in [0.1, 0.15) is 6.17 Å². The highest BCUT2D eigenvalue weighted by Crippen LogP contribution is 2.24. The van der Waals surface area contributed by atoms with Crippen LogP contribution in [0.25, 0.3) is 0 Å². The molecule has 0 spiro atoms. The minimum atomic E-state index is 0.639. The first-order valence-corrected chi connectivity index (χ1v) is 21.5. The molecule has 0 saturated heterocycles.